The summed E-state index contributed by atoms with van der Waals surface area (Å²) in [5, 5.41) is 20.1. The van der Waals surface area contributed by atoms with Crippen LogP contribution in [-0.4, -0.2) is 41.1 Å². The van der Waals surface area contributed by atoms with Gasteiger partial charge in [0.15, 0.2) is 11.5 Å². The van der Waals surface area contributed by atoms with Gasteiger partial charge in [-0.25, -0.2) is 8.42 Å². The Bertz CT molecular complexity index is 1040. The van der Waals surface area contributed by atoms with Crippen molar-refractivity contribution >= 4 is 38.5 Å². The van der Waals surface area contributed by atoms with Gasteiger partial charge in [-0.15, -0.1) is 0 Å². The van der Waals surface area contributed by atoms with Crippen molar-refractivity contribution in [2.75, 3.05) is 12.4 Å². The number of carbonyl (C=O) groups is 1. The summed E-state index contributed by atoms with van der Waals surface area (Å²) in [6.45, 7) is 2.99. The molecule has 0 radical (unpaired) electrons. The van der Waals surface area contributed by atoms with Gasteiger partial charge in [0, 0.05) is 11.5 Å². The molecule has 1 amide bonds. The van der Waals surface area contributed by atoms with Gasteiger partial charge in [0.1, 0.15) is 11.6 Å². The van der Waals surface area contributed by atoms with Crippen LogP contribution in [0.1, 0.15) is 19.4 Å². The lowest BCUT2D eigenvalue weighted by atomic mass is 10.1. The number of phenolic OH excluding ortho intramolecular Hbond substituents is 1. The number of nitrogens with one attached hydrogen (secondary N) is 1. The third kappa shape index (κ3) is 4.60. The van der Waals surface area contributed by atoms with Crippen molar-refractivity contribution < 1.29 is 23.1 Å². The van der Waals surface area contributed by atoms with Crippen LogP contribution < -0.4 is 10.1 Å². The number of hydrogen-bond donors (Lipinski definition) is 2. The van der Waals surface area contributed by atoms with Crippen molar-refractivity contribution in [1.29, 1.82) is 5.26 Å². The summed E-state index contributed by atoms with van der Waals surface area (Å²) >= 11 is 0.702. The highest BCUT2D eigenvalue weighted by molar-refractivity contribution is 7.91. The van der Waals surface area contributed by atoms with Crippen LogP contribution in [-0.2, 0) is 14.6 Å². The molecule has 2 rings (SSSR count). The highest BCUT2D eigenvalue weighted by atomic mass is 32.2. The van der Waals surface area contributed by atoms with E-state index >= 15 is 0 Å². The summed E-state index contributed by atoms with van der Waals surface area (Å²) in [4.78, 5) is 16.1. The van der Waals surface area contributed by atoms with E-state index in [4.69, 9.17) is 4.74 Å². The predicted molar refractivity (Wildman–Crippen MR) is 99.1 cm³/mol. The molecule has 0 saturated heterocycles. The van der Waals surface area contributed by atoms with Gasteiger partial charge in [-0.3, -0.25) is 10.1 Å². The number of aromatic nitrogens is 2. The van der Waals surface area contributed by atoms with E-state index in [0.29, 0.717) is 17.1 Å². The Balaban J connectivity index is 2.24. The molecule has 0 saturated carbocycles. The Morgan fingerprint density at radius 1 is 1.44 bits per heavy atom. The van der Waals surface area contributed by atoms with E-state index in [9.17, 15) is 23.6 Å². The van der Waals surface area contributed by atoms with E-state index < -0.39 is 21.0 Å². The minimum atomic E-state index is -3.66. The summed E-state index contributed by atoms with van der Waals surface area (Å²) in [6, 6.07) is 6.09. The molecule has 142 valence electrons. The summed E-state index contributed by atoms with van der Waals surface area (Å²) in [5.41, 5.74) is 0.211. The van der Waals surface area contributed by atoms with E-state index in [1.54, 1.807) is 6.07 Å². The zero-order valence-corrected chi connectivity index (χ0v) is 16.3. The molecule has 0 atom stereocenters. The molecule has 1 aromatic carbocycles. The zero-order valence-electron chi connectivity index (χ0n) is 14.6. The van der Waals surface area contributed by atoms with Gasteiger partial charge >= 0.3 is 0 Å². The lowest BCUT2D eigenvalue weighted by Gasteiger charge is -2.04. The zero-order chi connectivity index (χ0) is 20.2. The summed E-state index contributed by atoms with van der Waals surface area (Å²) in [5.74, 6) is -0.659. The molecule has 9 nitrogen and oxygen atoms in total. The first-order valence-electron chi connectivity index (χ1n) is 7.56. The fourth-order valence-electron chi connectivity index (χ4n) is 1.85. The number of rotatable bonds is 6. The average molecular weight is 408 g/mol. The molecule has 2 N–H and O–H groups in total. The molecule has 0 aliphatic rings. The molecule has 27 heavy (non-hydrogen) atoms. The van der Waals surface area contributed by atoms with Crippen LogP contribution >= 0.6 is 11.5 Å². The Morgan fingerprint density at radius 2 is 2.15 bits per heavy atom. The lowest BCUT2D eigenvalue weighted by molar-refractivity contribution is -0.112. The van der Waals surface area contributed by atoms with Crippen LogP contribution in [0.5, 0.6) is 11.5 Å². The Morgan fingerprint density at radius 3 is 2.74 bits per heavy atom. The van der Waals surface area contributed by atoms with E-state index in [0.717, 1.165) is 0 Å². The monoisotopic (exact) mass is 408 g/mol. The van der Waals surface area contributed by atoms with Gasteiger partial charge in [0.05, 0.1) is 12.4 Å². The number of sulfone groups is 1. The quantitative estimate of drug-likeness (QED) is 0.546. The molecule has 0 aliphatic heterocycles. The lowest BCUT2D eigenvalue weighted by Crippen LogP contribution is -2.16. The van der Waals surface area contributed by atoms with Crippen LogP contribution in [0, 0.1) is 11.3 Å². The Hall–Kier alpha value is -2.97. The maximum absolute atomic E-state index is 12.3. The van der Waals surface area contributed by atoms with Crippen molar-refractivity contribution in [2.45, 2.75) is 24.3 Å². The number of anilines is 1. The Kier molecular flexibility index (Phi) is 6.14. The average Bonchev–Trinajstić information content (AvgIpc) is 3.09. The molecule has 0 fully saturated rings. The minimum absolute atomic E-state index is 0.0383. The first-order chi connectivity index (χ1) is 12.7. The van der Waals surface area contributed by atoms with E-state index in [2.05, 4.69) is 14.7 Å². The molecule has 0 bridgehead atoms. The molecule has 2 aromatic rings. The molecule has 1 heterocycles. The van der Waals surface area contributed by atoms with Crippen molar-refractivity contribution in [1.82, 2.24) is 9.36 Å². The third-order valence-corrected chi connectivity index (χ3v) is 6.06. The van der Waals surface area contributed by atoms with Crippen LogP contribution in [0.4, 0.5) is 5.13 Å². The van der Waals surface area contributed by atoms with E-state index in [1.165, 1.54) is 45.2 Å². The smallest absolute Gasteiger partial charge is 0.268 e. The summed E-state index contributed by atoms with van der Waals surface area (Å²) in [7, 11) is -2.28. The summed E-state index contributed by atoms with van der Waals surface area (Å²) < 4.78 is 32.8. The fourth-order valence-corrected chi connectivity index (χ4v) is 3.55. The minimum Gasteiger partial charge on any atom is -0.504 e. The largest absolute Gasteiger partial charge is 0.504 e. The van der Waals surface area contributed by atoms with Gasteiger partial charge < -0.3 is 9.84 Å². The Labute approximate surface area is 160 Å². The van der Waals surface area contributed by atoms with E-state index in [1.807, 2.05) is 0 Å². The highest BCUT2D eigenvalue weighted by Gasteiger charge is 2.25. The molecule has 1 aromatic heterocycles. The van der Waals surface area contributed by atoms with Gasteiger partial charge in [-0.2, -0.15) is 14.6 Å². The van der Waals surface area contributed by atoms with E-state index in [-0.39, 0.29) is 27.4 Å². The predicted octanol–water partition coefficient (Wildman–Crippen LogP) is 1.98. The highest BCUT2D eigenvalue weighted by Crippen LogP contribution is 2.27. The number of phenols is 1. The van der Waals surface area contributed by atoms with Crippen molar-refractivity contribution in [3.63, 3.8) is 0 Å². The van der Waals surface area contributed by atoms with Crippen LogP contribution in [0.25, 0.3) is 6.08 Å². The molecule has 0 unspecified atom stereocenters. The number of methoxy groups -OCH3 is 1. The number of nitrogens with zero attached hydrogens (tertiary/aromatic N) is 3. The molecule has 0 spiro atoms. The van der Waals surface area contributed by atoms with Crippen LogP contribution in [0.15, 0.2) is 28.9 Å². The number of benzene rings is 1. The molecular weight excluding hydrogens is 392 g/mol. The number of ether oxygens (including phenoxy) is 1. The maximum atomic E-state index is 12.3. The molecule has 0 aliphatic carbocycles. The number of aromatic hydroxyl groups is 1. The second-order valence-electron chi connectivity index (χ2n) is 5.53. The van der Waals surface area contributed by atoms with Gasteiger partial charge in [-0.1, -0.05) is 6.07 Å². The number of amides is 1. The van der Waals surface area contributed by atoms with Crippen molar-refractivity contribution in [2.24, 2.45) is 0 Å². The summed E-state index contributed by atoms with van der Waals surface area (Å²) in [6.07, 6.45) is 1.30. The number of nitriles is 1. The number of hydrogen-bond acceptors (Lipinski definition) is 9. The second-order valence-corrected chi connectivity index (χ2v) is 8.68. The van der Waals surface area contributed by atoms with Crippen molar-refractivity contribution in [3.05, 3.63) is 29.3 Å². The van der Waals surface area contributed by atoms with Gasteiger partial charge in [0.2, 0.25) is 15.0 Å². The third-order valence-electron chi connectivity index (χ3n) is 3.38. The fraction of sp³-hybridized carbons (Fsp3) is 0.250. The van der Waals surface area contributed by atoms with Crippen LogP contribution in [0.3, 0.4) is 0 Å². The second kappa shape index (κ2) is 8.15. The molecular formula is C16H16N4O5S2. The first-order valence-corrected chi connectivity index (χ1v) is 9.88. The first kappa shape index (κ1) is 20.3. The van der Waals surface area contributed by atoms with Gasteiger partial charge in [0.25, 0.3) is 11.1 Å². The van der Waals surface area contributed by atoms with Crippen molar-refractivity contribution in [3.8, 4) is 17.6 Å². The standard InChI is InChI=1S/C16H16N4O5S2/c1-9(2)27(23,24)16-19-15(26-20-16)18-14(22)11(8-17)6-10-4-5-12(21)13(7-10)25-3/h4-7,9,21H,1-3H3,(H,18,19,20,22)/b11-6-. The maximum Gasteiger partial charge on any atom is 0.268 e. The number of carbonyl (C=O) groups excluding carboxylic acids is 1. The van der Waals surface area contributed by atoms with Crippen LogP contribution in [0.2, 0.25) is 0 Å². The molecule has 11 heteroatoms. The SMILES string of the molecule is COc1cc(/C=C(/C#N)C(=O)Nc2nc(S(=O)(=O)C(C)C)ns2)ccc1O. The topological polar surface area (TPSA) is 142 Å². The normalized spacial score (nSPS) is 11.9. The van der Waals surface area contributed by atoms with Gasteiger partial charge in [-0.05, 0) is 37.6 Å².